The van der Waals surface area contributed by atoms with Gasteiger partial charge < -0.3 is 4.74 Å². The Balaban J connectivity index is 2.56. The molecule has 0 bridgehead atoms. The molecule has 0 saturated heterocycles. The van der Waals surface area contributed by atoms with Gasteiger partial charge in [0.15, 0.2) is 0 Å². The first-order valence-electron chi connectivity index (χ1n) is 7.79. The average molecular weight is 416 g/mol. The van der Waals surface area contributed by atoms with E-state index in [2.05, 4.69) is 4.74 Å². The molecule has 2 rings (SSSR count). The molecule has 1 atom stereocenters. The summed E-state index contributed by atoms with van der Waals surface area (Å²) in [5.74, 6) is -0.512. The summed E-state index contributed by atoms with van der Waals surface area (Å²) in [7, 11) is -2.67. The van der Waals surface area contributed by atoms with E-state index in [9.17, 15) is 13.2 Å². The second kappa shape index (κ2) is 8.29. The molecule has 0 aliphatic rings. The lowest BCUT2D eigenvalue weighted by Gasteiger charge is -2.30. The summed E-state index contributed by atoms with van der Waals surface area (Å²) in [4.78, 5) is 11.8. The minimum Gasteiger partial charge on any atom is -0.469 e. The van der Waals surface area contributed by atoms with Gasteiger partial charge in [0.1, 0.15) is 0 Å². The van der Waals surface area contributed by atoms with Gasteiger partial charge in [0.05, 0.1) is 40.2 Å². The molecule has 0 N–H and O–H groups in total. The molecule has 2 aromatic rings. The molecule has 0 amide bonds. The molecule has 5 nitrogen and oxygen atoms in total. The first kappa shape index (κ1) is 20.6. The fourth-order valence-corrected chi connectivity index (χ4v) is 4.42. The third kappa shape index (κ3) is 4.50. The van der Waals surface area contributed by atoms with E-state index in [4.69, 9.17) is 23.2 Å². The summed E-state index contributed by atoms with van der Waals surface area (Å²) in [6, 6.07) is 10.3. The molecular weight excluding hydrogens is 397 g/mol. The van der Waals surface area contributed by atoms with Gasteiger partial charge in [0.2, 0.25) is 0 Å². The highest BCUT2D eigenvalue weighted by molar-refractivity contribution is 7.92. The third-order valence-corrected chi connectivity index (χ3v) is 6.52. The first-order valence-corrected chi connectivity index (χ1v) is 9.99. The zero-order chi connectivity index (χ0) is 19.5. The highest BCUT2D eigenvalue weighted by atomic mass is 35.5. The van der Waals surface area contributed by atoms with Crippen molar-refractivity contribution in [3.8, 4) is 0 Å². The SMILES string of the molecule is COC(=O)CC(C)N(c1ccc(Cl)c(Cl)c1)S(=O)(=O)c1ccc(C)cc1. The number of nitrogens with zero attached hydrogens (tertiary/aromatic N) is 1. The Kier molecular flexibility index (Phi) is 6.55. The number of anilines is 1. The number of benzene rings is 2. The Morgan fingerprint density at radius 3 is 2.27 bits per heavy atom. The molecule has 0 aliphatic carbocycles. The van der Waals surface area contributed by atoms with Crippen molar-refractivity contribution >= 4 is 44.9 Å². The fraction of sp³-hybridized carbons (Fsp3) is 0.278. The van der Waals surface area contributed by atoms with Gasteiger partial charge in [-0.05, 0) is 44.2 Å². The Morgan fingerprint density at radius 1 is 1.12 bits per heavy atom. The van der Waals surface area contributed by atoms with E-state index in [1.807, 2.05) is 6.92 Å². The van der Waals surface area contributed by atoms with Crippen molar-refractivity contribution < 1.29 is 17.9 Å². The van der Waals surface area contributed by atoms with Crippen LogP contribution in [0.3, 0.4) is 0 Å². The van der Waals surface area contributed by atoms with Crippen LogP contribution >= 0.6 is 23.2 Å². The molecule has 140 valence electrons. The lowest BCUT2D eigenvalue weighted by Crippen LogP contribution is -2.40. The molecule has 0 aliphatic heterocycles. The fourth-order valence-electron chi connectivity index (χ4n) is 2.48. The molecule has 0 saturated carbocycles. The van der Waals surface area contributed by atoms with Crippen LogP contribution in [0.15, 0.2) is 47.4 Å². The summed E-state index contributed by atoms with van der Waals surface area (Å²) < 4.78 is 32.3. The highest BCUT2D eigenvalue weighted by Crippen LogP contribution is 2.32. The van der Waals surface area contributed by atoms with Crippen molar-refractivity contribution in [3.05, 3.63) is 58.1 Å². The number of rotatable bonds is 6. The number of hydrogen-bond donors (Lipinski definition) is 0. The molecule has 8 heteroatoms. The molecule has 2 aromatic carbocycles. The van der Waals surface area contributed by atoms with Gasteiger partial charge in [-0.25, -0.2) is 8.42 Å². The number of hydrogen-bond acceptors (Lipinski definition) is 4. The van der Waals surface area contributed by atoms with Crippen LogP contribution in [0.25, 0.3) is 0 Å². The van der Waals surface area contributed by atoms with E-state index in [-0.39, 0.29) is 16.3 Å². The molecule has 0 heterocycles. The molecular formula is C18H19Cl2NO4S. The minimum atomic E-state index is -3.93. The number of carbonyl (C=O) groups excluding carboxylic acids is 1. The monoisotopic (exact) mass is 415 g/mol. The Labute approximate surface area is 163 Å². The van der Waals surface area contributed by atoms with E-state index in [0.717, 1.165) is 9.87 Å². The zero-order valence-electron chi connectivity index (χ0n) is 14.6. The lowest BCUT2D eigenvalue weighted by atomic mass is 10.2. The Hall–Kier alpha value is -1.76. The molecule has 26 heavy (non-hydrogen) atoms. The van der Waals surface area contributed by atoms with Gasteiger partial charge in [0, 0.05) is 0 Å². The van der Waals surface area contributed by atoms with Crippen molar-refractivity contribution in [3.63, 3.8) is 0 Å². The van der Waals surface area contributed by atoms with Crippen LogP contribution in [-0.2, 0) is 19.6 Å². The van der Waals surface area contributed by atoms with Gasteiger partial charge in [-0.2, -0.15) is 0 Å². The maximum absolute atomic E-state index is 13.2. The van der Waals surface area contributed by atoms with Gasteiger partial charge in [-0.1, -0.05) is 40.9 Å². The number of methoxy groups -OCH3 is 1. The van der Waals surface area contributed by atoms with Crippen LogP contribution in [0.2, 0.25) is 10.0 Å². The lowest BCUT2D eigenvalue weighted by molar-refractivity contribution is -0.140. The molecule has 1 unspecified atom stereocenters. The van der Waals surface area contributed by atoms with Gasteiger partial charge in [-0.15, -0.1) is 0 Å². The molecule has 0 aromatic heterocycles. The van der Waals surface area contributed by atoms with Crippen LogP contribution in [0.4, 0.5) is 5.69 Å². The standard InChI is InChI=1S/C18H19Cl2NO4S/c1-12-4-7-15(8-5-12)26(23,24)21(13(2)10-18(22)25-3)14-6-9-16(19)17(20)11-14/h4-9,11,13H,10H2,1-3H3. The Bertz CT molecular complexity index is 898. The number of halogens is 2. The summed E-state index contributed by atoms with van der Waals surface area (Å²) in [5, 5.41) is 0.530. The third-order valence-electron chi connectivity index (χ3n) is 3.83. The number of esters is 1. The highest BCUT2D eigenvalue weighted by Gasteiger charge is 2.31. The molecule has 0 fully saturated rings. The van der Waals surface area contributed by atoms with Crippen LogP contribution in [-0.4, -0.2) is 27.5 Å². The van der Waals surface area contributed by atoms with E-state index < -0.39 is 22.0 Å². The second-order valence-corrected chi connectivity index (χ2v) is 8.47. The van der Waals surface area contributed by atoms with Crippen molar-refractivity contribution in [1.29, 1.82) is 0 Å². The zero-order valence-corrected chi connectivity index (χ0v) is 16.9. The minimum absolute atomic E-state index is 0.109. The van der Waals surface area contributed by atoms with Gasteiger partial charge >= 0.3 is 5.97 Å². The maximum atomic E-state index is 13.2. The van der Waals surface area contributed by atoms with Crippen molar-refractivity contribution in [2.45, 2.75) is 31.2 Å². The van der Waals surface area contributed by atoms with Crippen molar-refractivity contribution in [2.75, 3.05) is 11.4 Å². The van der Waals surface area contributed by atoms with Crippen molar-refractivity contribution in [1.82, 2.24) is 0 Å². The topological polar surface area (TPSA) is 63.7 Å². The van der Waals surface area contributed by atoms with Crippen LogP contribution < -0.4 is 4.31 Å². The Morgan fingerprint density at radius 2 is 1.73 bits per heavy atom. The van der Waals surface area contributed by atoms with E-state index in [1.54, 1.807) is 25.1 Å². The first-order chi connectivity index (χ1) is 12.2. The number of ether oxygens (including phenoxy) is 1. The summed E-state index contributed by atoms with van der Waals surface area (Å²) in [6.07, 6.45) is -0.109. The predicted molar refractivity (Wildman–Crippen MR) is 103 cm³/mol. The maximum Gasteiger partial charge on any atom is 0.307 e. The summed E-state index contributed by atoms with van der Waals surface area (Å²) >= 11 is 12.0. The van der Waals surface area contributed by atoms with E-state index in [1.165, 1.54) is 31.4 Å². The predicted octanol–water partition coefficient (Wildman–Crippen LogP) is 4.45. The molecule has 0 radical (unpaired) electrons. The summed E-state index contributed by atoms with van der Waals surface area (Å²) in [5.41, 5.74) is 1.25. The second-order valence-electron chi connectivity index (χ2n) is 5.84. The largest absolute Gasteiger partial charge is 0.469 e. The van der Waals surface area contributed by atoms with E-state index in [0.29, 0.717) is 10.7 Å². The van der Waals surface area contributed by atoms with Gasteiger partial charge in [0.25, 0.3) is 10.0 Å². The summed E-state index contributed by atoms with van der Waals surface area (Å²) in [6.45, 7) is 3.50. The average Bonchev–Trinajstić information content (AvgIpc) is 2.58. The quantitative estimate of drug-likeness (QED) is 0.653. The normalized spacial score (nSPS) is 12.5. The number of sulfonamides is 1. The number of aryl methyl sites for hydroxylation is 1. The smallest absolute Gasteiger partial charge is 0.307 e. The van der Waals surface area contributed by atoms with E-state index >= 15 is 0 Å². The van der Waals surface area contributed by atoms with Crippen LogP contribution in [0.5, 0.6) is 0 Å². The van der Waals surface area contributed by atoms with Crippen LogP contribution in [0, 0.1) is 6.92 Å². The molecule has 0 spiro atoms. The van der Waals surface area contributed by atoms with Crippen LogP contribution in [0.1, 0.15) is 18.9 Å². The number of carbonyl (C=O) groups is 1. The van der Waals surface area contributed by atoms with Gasteiger partial charge in [-0.3, -0.25) is 9.10 Å². The van der Waals surface area contributed by atoms with Crippen molar-refractivity contribution in [2.24, 2.45) is 0 Å².